The van der Waals surface area contributed by atoms with Gasteiger partial charge in [-0.1, -0.05) is 24.3 Å². The minimum atomic E-state index is -4.77. The molecule has 0 bridgehead atoms. The minimum absolute atomic E-state index is 0. The zero-order valence-corrected chi connectivity index (χ0v) is 17.7. The molecule has 140 valence electrons. The molecule has 0 aromatic heterocycles. The summed E-state index contributed by atoms with van der Waals surface area (Å²) in [4.78, 5) is 17.1. The second-order valence-electron chi connectivity index (χ2n) is 4.36. The van der Waals surface area contributed by atoms with E-state index in [4.69, 9.17) is 0 Å². The quantitative estimate of drug-likeness (QED) is 0.269. The number of hydrogen-bond acceptors (Lipinski definition) is 10. The largest absolute Gasteiger partial charge is 2.00 e. The van der Waals surface area contributed by atoms with E-state index in [1.54, 1.807) is 0 Å². The van der Waals surface area contributed by atoms with Gasteiger partial charge in [-0.15, -0.1) is 0 Å². The van der Waals surface area contributed by atoms with E-state index in [9.17, 15) is 46.2 Å². The fraction of sp³-hybridized carbons (Fsp3) is 0. The van der Waals surface area contributed by atoms with Gasteiger partial charge in [0, 0.05) is 12.1 Å². The molecule has 0 aliphatic carbocycles. The molecule has 0 unspecified atom stereocenters. The third kappa shape index (κ3) is 7.07. The van der Waals surface area contributed by atoms with E-state index < -0.39 is 51.2 Å². The van der Waals surface area contributed by atoms with Gasteiger partial charge in [-0.2, -0.15) is 0 Å². The third-order valence-electron chi connectivity index (χ3n) is 2.66. The van der Waals surface area contributed by atoms with Crippen molar-refractivity contribution >= 4 is 31.6 Å². The number of hydrogen-bond donors (Lipinski definition) is 0. The summed E-state index contributed by atoms with van der Waals surface area (Å²) in [5.41, 5.74) is -1.39. The van der Waals surface area contributed by atoms with Gasteiger partial charge in [-0.25, -0.2) is 16.8 Å². The Hall–Kier alpha value is -2.32. The molecule has 0 heterocycles. The van der Waals surface area contributed by atoms with Crippen molar-refractivity contribution in [3.8, 4) is 0 Å². The maximum absolute atomic E-state index is 10.5. The Morgan fingerprint density at radius 1 is 0.630 bits per heavy atom. The van der Waals surface area contributed by atoms with Crippen LogP contribution in [0.3, 0.4) is 0 Å². The van der Waals surface area contributed by atoms with Gasteiger partial charge in [0.1, 0.15) is 30.0 Å². The van der Waals surface area contributed by atoms with Crippen LogP contribution in [0.15, 0.2) is 58.3 Å². The summed E-state index contributed by atoms with van der Waals surface area (Å²) < 4.78 is 63.0. The molecule has 12 nitrogen and oxygen atoms in total. The van der Waals surface area contributed by atoms with Crippen LogP contribution in [0.2, 0.25) is 0 Å². The van der Waals surface area contributed by atoms with Crippen molar-refractivity contribution in [3.05, 3.63) is 68.8 Å². The average molecular weight is 470 g/mol. The molecule has 0 saturated heterocycles. The molecule has 0 aliphatic heterocycles. The summed E-state index contributed by atoms with van der Waals surface area (Å²) in [5.74, 6) is 0. The first-order chi connectivity index (χ1) is 11.9. The third-order valence-corrected chi connectivity index (χ3v) is 4.43. The van der Waals surface area contributed by atoms with E-state index in [0.29, 0.717) is 0 Å². The van der Waals surface area contributed by atoms with Crippen LogP contribution >= 0.6 is 0 Å². The molecule has 2 aromatic carbocycles. The smallest absolute Gasteiger partial charge is 0.744 e. The Morgan fingerprint density at radius 2 is 0.889 bits per heavy atom. The fourth-order valence-corrected chi connectivity index (χ4v) is 2.93. The van der Waals surface area contributed by atoms with E-state index in [1.807, 2.05) is 0 Å². The number of nitrogens with zero attached hydrogens (tertiary/aromatic N) is 2. The first-order valence-corrected chi connectivity index (χ1v) is 9.06. The van der Waals surface area contributed by atoms with Crippen molar-refractivity contribution in [2.24, 2.45) is 0 Å². The van der Waals surface area contributed by atoms with E-state index in [1.165, 1.54) is 24.3 Å². The molecular weight excluding hydrogens is 462 g/mol. The fourth-order valence-electron chi connectivity index (χ4n) is 1.64. The SMILES string of the molecule is O=[N+]([O-])c1ccccc1S(=O)(=O)[O-].O=[N+]([O-])c1ccccc1S(=O)(=O)[O-].[Zn+2]. The van der Waals surface area contributed by atoms with Gasteiger partial charge >= 0.3 is 19.5 Å². The van der Waals surface area contributed by atoms with Gasteiger partial charge in [0.15, 0.2) is 0 Å². The van der Waals surface area contributed by atoms with Crippen molar-refractivity contribution in [1.29, 1.82) is 0 Å². The first-order valence-electron chi connectivity index (χ1n) is 6.24. The van der Waals surface area contributed by atoms with Gasteiger partial charge in [-0.3, -0.25) is 20.2 Å². The van der Waals surface area contributed by atoms with Crippen molar-refractivity contribution in [2.75, 3.05) is 0 Å². The van der Waals surface area contributed by atoms with E-state index in [-0.39, 0.29) is 19.5 Å². The van der Waals surface area contributed by atoms with Gasteiger partial charge in [0.2, 0.25) is 0 Å². The van der Waals surface area contributed by atoms with Crippen LogP contribution in [0.5, 0.6) is 0 Å². The maximum atomic E-state index is 10.5. The molecule has 0 atom stereocenters. The molecule has 15 heteroatoms. The van der Waals surface area contributed by atoms with E-state index in [2.05, 4.69) is 0 Å². The molecule has 0 spiro atoms. The second kappa shape index (κ2) is 9.57. The molecule has 0 fully saturated rings. The monoisotopic (exact) mass is 468 g/mol. The van der Waals surface area contributed by atoms with Crippen molar-refractivity contribution in [2.45, 2.75) is 9.79 Å². The Bertz CT molecular complexity index is 968. The van der Waals surface area contributed by atoms with Gasteiger partial charge in [-0.05, 0) is 12.1 Å². The summed E-state index contributed by atoms with van der Waals surface area (Å²) in [7, 11) is -9.54. The topological polar surface area (TPSA) is 201 Å². The van der Waals surface area contributed by atoms with Crippen LogP contribution in [0.25, 0.3) is 0 Å². The second-order valence-corrected chi connectivity index (χ2v) is 7.05. The van der Waals surface area contributed by atoms with Crippen LogP contribution in [0.1, 0.15) is 0 Å². The van der Waals surface area contributed by atoms with Gasteiger partial charge in [0.05, 0.1) is 9.85 Å². The Balaban J connectivity index is 0.000000483. The van der Waals surface area contributed by atoms with Crippen LogP contribution < -0.4 is 0 Å². The van der Waals surface area contributed by atoms with Crippen LogP contribution in [0.4, 0.5) is 11.4 Å². The molecule has 27 heavy (non-hydrogen) atoms. The zero-order chi connectivity index (χ0) is 20.1. The predicted molar refractivity (Wildman–Crippen MR) is 82.1 cm³/mol. The first kappa shape index (κ1) is 24.7. The van der Waals surface area contributed by atoms with E-state index in [0.717, 1.165) is 24.3 Å². The Labute approximate surface area is 165 Å². The molecule has 0 saturated carbocycles. The summed E-state index contributed by atoms with van der Waals surface area (Å²) >= 11 is 0. The summed E-state index contributed by atoms with van der Waals surface area (Å²) in [6, 6.07) is 8.80. The molecule has 2 aromatic rings. The zero-order valence-electron chi connectivity index (χ0n) is 13.1. The van der Waals surface area contributed by atoms with Crippen LogP contribution in [0, 0.1) is 20.2 Å². The Kier molecular flexibility index (Phi) is 8.75. The minimum Gasteiger partial charge on any atom is -0.744 e. The molecule has 0 amide bonds. The van der Waals surface area contributed by atoms with Gasteiger partial charge in [0.25, 0.3) is 11.4 Å². The number of benzene rings is 2. The van der Waals surface area contributed by atoms with Crippen LogP contribution in [-0.2, 0) is 39.7 Å². The number of nitro groups is 2. The number of nitro benzene ring substituents is 2. The standard InChI is InChI=1S/2C6H5NO5S.Zn/c2*8-7(9)5-3-1-2-4-6(5)13(10,11)12;/h2*1-4H,(H,10,11,12);/q;;+2/p-2. The van der Waals surface area contributed by atoms with Crippen molar-refractivity contribution in [3.63, 3.8) is 0 Å². The predicted octanol–water partition coefficient (Wildman–Crippen LogP) is 0.995. The summed E-state index contributed by atoms with van der Waals surface area (Å²) in [6.07, 6.45) is 0. The van der Waals surface area contributed by atoms with Gasteiger partial charge < -0.3 is 9.11 Å². The number of rotatable bonds is 4. The van der Waals surface area contributed by atoms with Crippen molar-refractivity contribution < 1.29 is 55.3 Å². The van der Waals surface area contributed by atoms with Crippen LogP contribution in [-0.4, -0.2) is 35.8 Å². The molecule has 0 aliphatic rings. The number of para-hydroxylation sites is 2. The normalized spacial score (nSPS) is 10.7. The molecular formula is C12H8N2O10S2Zn. The summed E-state index contributed by atoms with van der Waals surface area (Å²) in [5, 5.41) is 20.5. The Morgan fingerprint density at radius 3 is 1.07 bits per heavy atom. The molecule has 2 rings (SSSR count). The average Bonchev–Trinajstić information content (AvgIpc) is 2.54. The van der Waals surface area contributed by atoms with Crippen molar-refractivity contribution in [1.82, 2.24) is 0 Å². The van der Waals surface area contributed by atoms with E-state index >= 15 is 0 Å². The molecule has 0 radical (unpaired) electrons. The molecule has 0 N–H and O–H groups in total. The summed E-state index contributed by atoms with van der Waals surface area (Å²) in [6.45, 7) is 0. The maximum Gasteiger partial charge on any atom is 2.00 e.